The highest BCUT2D eigenvalue weighted by Crippen LogP contribution is 2.33. The van der Waals surface area contributed by atoms with Crippen LogP contribution in [0.15, 0.2) is 54.0 Å². The van der Waals surface area contributed by atoms with Gasteiger partial charge in [-0.25, -0.2) is 4.79 Å². The van der Waals surface area contributed by atoms with Gasteiger partial charge in [-0.1, -0.05) is 18.2 Å². The zero-order chi connectivity index (χ0) is 21.2. The van der Waals surface area contributed by atoms with Gasteiger partial charge in [0.15, 0.2) is 5.75 Å². The molecule has 2 aromatic carbocycles. The second-order valence-electron chi connectivity index (χ2n) is 7.85. The molecule has 0 amide bonds. The van der Waals surface area contributed by atoms with E-state index in [-0.39, 0.29) is 0 Å². The Hall–Kier alpha value is -3.19. The molecule has 1 unspecified atom stereocenters. The van der Waals surface area contributed by atoms with Gasteiger partial charge < -0.3 is 32.0 Å². The summed E-state index contributed by atoms with van der Waals surface area (Å²) < 4.78 is 11.3. The molecule has 1 atom stereocenters. The summed E-state index contributed by atoms with van der Waals surface area (Å²) in [6.45, 7) is 5.53. The largest absolute Gasteiger partial charge is 0.458 e. The van der Waals surface area contributed by atoms with Crippen molar-refractivity contribution in [3.05, 3.63) is 65.2 Å². The SMILES string of the molecule is CC1=C(N)Nc2cc(C(N)C(=O)OC(C)(C)CCc3ccc(N)cc3)ccc2O1. The highest BCUT2D eigenvalue weighted by molar-refractivity contribution is 5.79. The van der Waals surface area contributed by atoms with Crippen LogP contribution < -0.4 is 27.3 Å². The van der Waals surface area contributed by atoms with Crippen LogP contribution in [-0.2, 0) is 16.0 Å². The molecule has 7 nitrogen and oxygen atoms in total. The Morgan fingerprint density at radius 1 is 1.17 bits per heavy atom. The van der Waals surface area contributed by atoms with Gasteiger partial charge in [-0.05, 0) is 69.0 Å². The van der Waals surface area contributed by atoms with Crippen molar-refractivity contribution in [1.29, 1.82) is 0 Å². The molecule has 0 aliphatic carbocycles. The van der Waals surface area contributed by atoms with Crippen LogP contribution >= 0.6 is 0 Å². The van der Waals surface area contributed by atoms with Crippen molar-refractivity contribution in [1.82, 2.24) is 0 Å². The number of benzene rings is 2. The minimum Gasteiger partial charge on any atom is -0.458 e. The van der Waals surface area contributed by atoms with E-state index < -0.39 is 17.6 Å². The molecule has 0 saturated carbocycles. The molecule has 1 heterocycles. The van der Waals surface area contributed by atoms with Crippen molar-refractivity contribution >= 4 is 17.3 Å². The lowest BCUT2D eigenvalue weighted by molar-refractivity contribution is -0.158. The van der Waals surface area contributed by atoms with Gasteiger partial charge in [-0.15, -0.1) is 0 Å². The molecule has 0 fully saturated rings. The summed E-state index contributed by atoms with van der Waals surface area (Å²) in [7, 11) is 0. The number of ether oxygens (including phenoxy) is 2. The second-order valence-corrected chi connectivity index (χ2v) is 7.85. The first-order valence-electron chi connectivity index (χ1n) is 9.53. The molecule has 0 spiro atoms. The fourth-order valence-corrected chi connectivity index (χ4v) is 3.03. The van der Waals surface area contributed by atoms with E-state index in [9.17, 15) is 4.79 Å². The van der Waals surface area contributed by atoms with Crippen LogP contribution in [0.4, 0.5) is 11.4 Å². The third kappa shape index (κ3) is 5.00. The number of nitrogen functional groups attached to an aromatic ring is 1. The van der Waals surface area contributed by atoms with Gasteiger partial charge in [0.2, 0.25) is 0 Å². The average molecular weight is 396 g/mol. The fourth-order valence-electron chi connectivity index (χ4n) is 3.03. The van der Waals surface area contributed by atoms with Crippen LogP contribution in [0.3, 0.4) is 0 Å². The molecule has 1 aliphatic heterocycles. The highest BCUT2D eigenvalue weighted by atomic mass is 16.6. The van der Waals surface area contributed by atoms with Gasteiger partial charge in [0.25, 0.3) is 0 Å². The number of carbonyl (C=O) groups is 1. The maximum Gasteiger partial charge on any atom is 0.328 e. The monoisotopic (exact) mass is 396 g/mol. The fraction of sp³-hybridized carbons (Fsp3) is 0.318. The first-order valence-corrected chi connectivity index (χ1v) is 9.53. The molecule has 29 heavy (non-hydrogen) atoms. The van der Waals surface area contributed by atoms with Crippen LogP contribution in [-0.4, -0.2) is 11.6 Å². The molecule has 0 saturated heterocycles. The van der Waals surface area contributed by atoms with E-state index in [2.05, 4.69) is 5.32 Å². The lowest BCUT2D eigenvalue weighted by Gasteiger charge is -2.27. The number of nitrogens with one attached hydrogen (secondary N) is 1. The molecule has 7 heteroatoms. The summed E-state index contributed by atoms with van der Waals surface area (Å²) in [5.41, 5.74) is 20.2. The quantitative estimate of drug-likeness (QED) is 0.436. The zero-order valence-corrected chi connectivity index (χ0v) is 17.0. The molecule has 7 N–H and O–H groups in total. The molecule has 3 rings (SSSR count). The smallest absolute Gasteiger partial charge is 0.328 e. The van der Waals surface area contributed by atoms with E-state index in [1.54, 1.807) is 25.1 Å². The first-order chi connectivity index (χ1) is 13.6. The molecule has 0 bridgehead atoms. The Morgan fingerprint density at radius 2 is 1.86 bits per heavy atom. The summed E-state index contributed by atoms with van der Waals surface area (Å²) in [6, 6.07) is 12.0. The van der Waals surface area contributed by atoms with Gasteiger partial charge in [0.1, 0.15) is 23.2 Å². The number of nitrogens with two attached hydrogens (primary N) is 3. The number of fused-ring (bicyclic) bond motifs is 1. The van der Waals surface area contributed by atoms with Crippen molar-refractivity contribution in [3.63, 3.8) is 0 Å². The normalized spacial score (nSPS) is 14.5. The Morgan fingerprint density at radius 3 is 2.55 bits per heavy atom. The molecule has 0 aromatic heterocycles. The van der Waals surface area contributed by atoms with Crippen LogP contribution in [0.25, 0.3) is 0 Å². The first kappa shape index (κ1) is 20.5. The van der Waals surface area contributed by atoms with E-state index in [1.165, 1.54) is 0 Å². The maximum atomic E-state index is 12.7. The summed E-state index contributed by atoms with van der Waals surface area (Å²) >= 11 is 0. The summed E-state index contributed by atoms with van der Waals surface area (Å²) in [5.74, 6) is 1.17. The number of aryl methyl sites for hydroxylation is 1. The topological polar surface area (TPSA) is 126 Å². The average Bonchev–Trinajstić information content (AvgIpc) is 2.67. The number of rotatable bonds is 6. The molecule has 0 radical (unpaired) electrons. The van der Waals surface area contributed by atoms with Crippen LogP contribution in [0.2, 0.25) is 0 Å². The standard InChI is InChI=1S/C22H28N4O3/c1-13-20(25)26-17-12-15(6-9-18(17)28-13)19(24)21(27)29-22(2,3)11-10-14-4-7-16(23)8-5-14/h4-9,12,19,26H,10-11,23-25H2,1-3H3. The van der Waals surface area contributed by atoms with Crippen molar-refractivity contribution in [2.45, 2.75) is 45.3 Å². The van der Waals surface area contributed by atoms with E-state index >= 15 is 0 Å². The Bertz CT molecular complexity index is 936. The van der Waals surface area contributed by atoms with Gasteiger partial charge in [0, 0.05) is 5.69 Å². The van der Waals surface area contributed by atoms with Crippen molar-refractivity contribution in [3.8, 4) is 5.75 Å². The van der Waals surface area contributed by atoms with Gasteiger partial charge >= 0.3 is 5.97 Å². The maximum absolute atomic E-state index is 12.7. The third-order valence-corrected chi connectivity index (χ3v) is 4.90. The summed E-state index contributed by atoms with van der Waals surface area (Å²) in [6.07, 6.45) is 1.43. The molecule has 2 aromatic rings. The second kappa shape index (κ2) is 8.05. The minimum absolute atomic E-state index is 0.426. The number of esters is 1. The molecular formula is C22H28N4O3. The number of hydrogen-bond donors (Lipinski definition) is 4. The predicted octanol–water partition coefficient (Wildman–Crippen LogP) is 3.18. The number of anilines is 2. The Kier molecular flexibility index (Phi) is 5.70. The van der Waals surface area contributed by atoms with Gasteiger partial charge in [-0.3, -0.25) is 0 Å². The predicted molar refractivity (Wildman–Crippen MR) is 114 cm³/mol. The van der Waals surface area contributed by atoms with Crippen LogP contribution in [0, 0.1) is 0 Å². The van der Waals surface area contributed by atoms with E-state index in [0.29, 0.717) is 35.0 Å². The highest BCUT2D eigenvalue weighted by Gasteiger charge is 2.28. The molecular weight excluding hydrogens is 368 g/mol. The minimum atomic E-state index is -0.911. The van der Waals surface area contributed by atoms with Crippen molar-refractivity contribution in [2.75, 3.05) is 11.1 Å². The molecule has 154 valence electrons. The van der Waals surface area contributed by atoms with Crippen molar-refractivity contribution < 1.29 is 14.3 Å². The number of hydrogen-bond acceptors (Lipinski definition) is 7. The van der Waals surface area contributed by atoms with E-state index in [1.807, 2.05) is 38.1 Å². The summed E-state index contributed by atoms with van der Waals surface area (Å²) in [4.78, 5) is 12.7. The van der Waals surface area contributed by atoms with Crippen LogP contribution in [0.5, 0.6) is 5.75 Å². The Balaban J connectivity index is 1.62. The summed E-state index contributed by atoms with van der Waals surface area (Å²) in [5, 5.41) is 3.05. The lowest BCUT2D eigenvalue weighted by Crippen LogP contribution is -2.34. The van der Waals surface area contributed by atoms with Gasteiger partial charge in [0.05, 0.1) is 5.69 Å². The molecule has 1 aliphatic rings. The Labute approximate surface area is 170 Å². The zero-order valence-electron chi connectivity index (χ0n) is 17.0. The van der Waals surface area contributed by atoms with E-state index in [4.69, 9.17) is 26.7 Å². The van der Waals surface area contributed by atoms with E-state index in [0.717, 1.165) is 17.7 Å². The van der Waals surface area contributed by atoms with Crippen LogP contribution in [0.1, 0.15) is 44.4 Å². The number of allylic oxidation sites excluding steroid dienone is 1. The van der Waals surface area contributed by atoms with Gasteiger partial charge in [-0.2, -0.15) is 0 Å². The lowest BCUT2D eigenvalue weighted by atomic mass is 9.98. The van der Waals surface area contributed by atoms with Crippen molar-refractivity contribution in [2.24, 2.45) is 11.5 Å². The third-order valence-electron chi connectivity index (χ3n) is 4.90. The number of carbonyl (C=O) groups excluding carboxylic acids is 1.